The molecule has 51 valence electrons. The maximum absolute atomic E-state index is 2.39. The summed E-state index contributed by atoms with van der Waals surface area (Å²) in [5.74, 6) is 1.59. The molecular weight excluding hydrogens is 108 g/mol. The van der Waals surface area contributed by atoms with Crippen LogP contribution in [0, 0.1) is 5.92 Å². The predicted octanol–water partition coefficient (Wildman–Crippen LogP) is 3.10. The largest absolute Gasteiger partial charge is 0.0847 e. The Labute approximate surface area is 58.0 Å². The Kier molecular flexibility index (Phi) is 2.32. The minimum absolute atomic E-state index is 1.23. The number of allylic oxidation sites excluding steroid dienone is 2. The van der Waals surface area contributed by atoms with E-state index in [-0.39, 0.29) is 0 Å². The van der Waals surface area contributed by atoms with Gasteiger partial charge in [-0.3, -0.25) is 0 Å². The average Bonchev–Trinajstić information content (AvgIpc) is 2.37. The standard InChI is InChI=1S/C9H15/c1-3-8(2)9-6-4-5-7-9/h6H,3-5,7H2,1-2H3. The molecule has 0 saturated carbocycles. The second-order valence-corrected chi connectivity index (χ2v) is 2.76. The summed E-state index contributed by atoms with van der Waals surface area (Å²) in [6.07, 6.45) is 7.64. The SMILES string of the molecule is CC[C](C)C1=CCCC1. The second kappa shape index (κ2) is 3.05. The topological polar surface area (TPSA) is 0 Å². The minimum Gasteiger partial charge on any atom is -0.0847 e. The number of hydrogen-bond donors (Lipinski definition) is 0. The van der Waals surface area contributed by atoms with Gasteiger partial charge in [0.15, 0.2) is 0 Å². The first-order valence-corrected chi connectivity index (χ1v) is 3.86. The fourth-order valence-electron chi connectivity index (χ4n) is 1.29. The van der Waals surface area contributed by atoms with Crippen LogP contribution in [-0.4, -0.2) is 0 Å². The van der Waals surface area contributed by atoms with Crippen molar-refractivity contribution in [3.8, 4) is 0 Å². The van der Waals surface area contributed by atoms with E-state index in [2.05, 4.69) is 19.9 Å². The van der Waals surface area contributed by atoms with Gasteiger partial charge in [-0.25, -0.2) is 0 Å². The summed E-state index contributed by atoms with van der Waals surface area (Å²) in [4.78, 5) is 0. The van der Waals surface area contributed by atoms with Crippen molar-refractivity contribution in [2.45, 2.75) is 39.5 Å². The fraction of sp³-hybridized carbons (Fsp3) is 0.667. The van der Waals surface area contributed by atoms with Crippen molar-refractivity contribution in [1.82, 2.24) is 0 Å². The van der Waals surface area contributed by atoms with Crippen molar-refractivity contribution in [3.05, 3.63) is 17.6 Å². The van der Waals surface area contributed by atoms with E-state index in [1.807, 2.05) is 0 Å². The van der Waals surface area contributed by atoms with Crippen LogP contribution in [0.15, 0.2) is 11.6 Å². The van der Waals surface area contributed by atoms with Crippen LogP contribution in [0.4, 0.5) is 0 Å². The van der Waals surface area contributed by atoms with Crippen LogP contribution in [0.3, 0.4) is 0 Å². The lowest BCUT2D eigenvalue weighted by Gasteiger charge is -2.07. The maximum atomic E-state index is 2.39. The lowest BCUT2D eigenvalue weighted by molar-refractivity contribution is 0.853. The Morgan fingerprint density at radius 3 is 2.89 bits per heavy atom. The molecule has 0 nitrogen and oxygen atoms in total. The normalized spacial score (nSPS) is 18.8. The van der Waals surface area contributed by atoms with Crippen LogP contribution in [-0.2, 0) is 0 Å². The fourth-order valence-corrected chi connectivity index (χ4v) is 1.29. The van der Waals surface area contributed by atoms with E-state index in [0.717, 1.165) is 0 Å². The summed E-state index contributed by atoms with van der Waals surface area (Å²) in [7, 11) is 0. The highest BCUT2D eigenvalue weighted by molar-refractivity contribution is 5.24. The van der Waals surface area contributed by atoms with Gasteiger partial charge in [0.05, 0.1) is 0 Å². The highest BCUT2D eigenvalue weighted by Gasteiger charge is 2.09. The molecule has 0 amide bonds. The van der Waals surface area contributed by atoms with E-state index in [1.54, 1.807) is 11.5 Å². The molecule has 0 heterocycles. The van der Waals surface area contributed by atoms with Crippen molar-refractivity contribution in [2.75, 3.05) is 0 Å². The zero-order valence-corrected chi connectivity index (χ0v) is 6.41. The zero-order chi connectivity index (χ0) is 6.69. The van der Waals surface area contributed by atoms with Crippen molar-refractivity contribution in [1.29, 1.82) is 0 Å². The average molecular weight is 123 g/mol. The van der Waals surface area contributed by atoms with Crippen LogP contribution in [0.25, 0.3) is 0 Å². The Bertz CT molecular complexity index is 111. The molecule has 9 heavy (non-hydrogen) atoms. The zero-order valence-electron chi connectivity index (χ0n) is 6.41. The van der Waals surface area contributed by atoms with Gasteiger partial charge < -0.3 is 0 Å². The van der Waals surface area contributed by atoms with Gasteiger partial charge in [-0.1, -0.05) is 25.5 Å². The lowest BCUT2D eigenvalue weighted by atomic mass is 9.98. The van der Waals surface area contributed by atoms with Gasteiger partial charge in [0.25, 0.3) is 0 Å². The molecule has 0 unspecified atom stereocenters. The number of hydrogen-bond acceptors (Lipinski definition) is 0. The molecular formula is C9H15. The van der Waals surface area contributed by atoms with Crippen LogP contribution < -0.4 is 0 Å². The van der Waals surface area contributed by atoms with Gasteiger partial charge in [0, 0.05) is 0 Å². The highest BCUT2D eigenvalue weighted by Crippen LogP contribution is 2.27. The highest BCUT2D eigenvalue weighted by atomic mass is 14.1. The molecule has 1 aliphatic carbocycles. The summed E-state index contributed by atoms with van der Waals surface area (Å²) in [5, 5.41) is 0. The first-order chi connectivity index (χ1) is 4.34. The van der Waals surface area contributed by atoms with Gasteiger partial charge in [0.2, 0.25) is 0 Å². The summed E-state index contributed by atoms with van der Waals surface area (Å²) < 4.78 is 0. The molecule has 0 aromatic rings. The maximum Gasteiger partial charge on any atom is -0.00282 e. The third-order valence-electron chi connectivity index (χ3n) is 2.12. The lowest BCUT2D eigenvalue weighted by Crippen LogP contribution is -1.90. The smallest absolute Gasteiger partial charge is 0.00282 e. The van der Waals surface area contributed by atoms with Crippen LogP contribution in [0.2, 0.25) is 0 Å². The molecule has 0 atom stereocenters. The van der Waals surface area contributed by atoms with Gasteiger partial charge in [-0.05, 0) is 31.6 Å². The van der Waals surface area contributed by atoms with E-state index in [0.29, 0.717) is 0 Å². The van der Waals surface area contributed by atoms with Gasteiger partial charge >= 0.3 is 0 Å². The Hall–Kier alpha value is -0.260. The predicted molar refractivity (Wildman–Crippen MR) is 41.1 cm³/mol. The molecule has 0 N–H and O–H groups in total. The van der Waals surface area contributed by atoms with Gasteiger partial charge in [-0.15, -0.1) is 0 Å². The molecule has 0 bridgehead atoms. The van der Waals surface area contributed by atoms with Crippen molar-refractivity contribution >= 4 is 0 Å². The minimum atomic E-state index is 1.23. The first kappa shape index (κ1) is 6.85. The monoisotopic (exact) mass is 123 g/mol. The summed E-state index contributed by atoms with van der Waals surface area (Å²) in [6, 6.07) is 0. The van der Waals surface area contributed by atoms with Crippen LogP contribution in [0.5, 0.6) is 0 Å². The molecule has 0 heteroatoms. The quantitative estimate of drug-likeness (QED) is 0.529. The van der Waals surface area contributed by atoms with Crippen molar-refractivity contribution in [3.63, 3.8) is 0 Å². The molecule has 0 fully saturated rings. The summed E-state index contributed by atoms with van der Waals surface area (Å²) in [5.41, 5.74) is 1.62. The molecule has 0 saturated heterocycles. The van der Waals surface area contributed by atoms with Crippen molar-refractivity contribution < 1.29 is 0 Å². The Morgan fingerprint density at radius 2 is 2.44 bits per heavy atom. The number of rotatable bonds is 2. The van der Waals surface area contributed by atoms with Gasteiger partial charge in [-0.2, -0.15) is 0 Å². The Balaban J connectivity index is 2.40. The summed E-state index contributed by atoms with van der Waals surface area (Å²) >= 11 is 0. The van der Waals surface area contributed by atoms with Crippen LogP contribution in [0.1, 0.15) is 39.5 Å². The van der Waals surface area contributed by atoms with E-state index < -0.39 is 0 Å². The third kappa shape index (κ3) is 1.57. The van der Waals surface area contributed by atoms with E-state index in [9.17, 15) is 0 Å². The third-order valence-corrected chi connectivity index (χ3v) is 2.12. The van der Waals surface area contributed by atoms with Crippen molar-refractivity contribution in [2.24, 2.45) is 0 Å². The second-order valence-electron chi connectivity index (χ2n) is 2.76. The van der Waals surface area contributed by atoms with E-state index >= 15 is 0 Å². The van der Waals surface area contributed by atoms with E-state index in [4.69, 9.17) is 0 Å². The van der Waals surface area contributed by atoms with E-state index in [1.165, 1.54) is 25.7 Å². The molecule has 1 radical (unpaired) electrons. The first-order valence-electron chi connectivity index (χ1n) is 3.86. The van der Waals surface area contributed by atoms with Gasteiger partial charge in [0.1, 0.15) is 0 Å². The molecule has 0 aliphatic heterocycles. The molecule has 1 aliphatic rings. The summed E-state index contributed by atoms with van der Waals surface area (Å²) in [6.45, 7) is 4.48. The molecule has 0 aromatic heterocycles. The Morgan fingerprint density at radius 1 is 1.67 bits per heavy atom. The van der Waals surface area contributed by atoms with Crippen LogP contribution >= 0.6 is 0 Å². The molecule has 0 aromatic carbocycles. The molecule has 0 spiro atoms. The molecule has 1 rings (SSSR count).